The van der Waals surface area contributed by atoms with Gasteiger partial charge in [0.15, 0.2) is 0 Å². The number of carbonyl (C=O) groups is 2. The zero-order valence-electron chi connectivity index (χ0n) is 28.2. The van der Waals surface area contributed by atoms with Gasteiger partial charge in [0.2, 0.25) is 15.9 Å². The number of carbonyl (C=O) groups excluding carboxylic acids is 2. The van der Waals surface area contributed by atoms with Crippen LogP contribution in [0.4, 0.5) is 22.0 Å². The summed E-state index contributed by atoms with van der Waals surface area (Å²) < 4.78 is 30.8. The summed E-state index contributed by atoms with van der Waals surface area (Å²) in [4.78, 5) is 24.7. The molecule has 2 bridgehead atoms. The maximum atomic E-state index is 13.6. The fourth-order valence-electron chi connectivity index (χ4n) is 6.90. The Bertz CT molecular complexity index is 1880. The van der Waals surface area contributed by atoms with Gasteiger partial charge in [-0.3, -0.25) is 10.1 Å². The number of amides is 3. The van der Waals surface area contributed by atoms with Crippen LogP contribution in [0.2, 0.25) is 0 Å². The molecular formula is C37H44N6O4S. The predicted octanol–water partition coefficient (Wildman–Crippen LogP) is 7.26. The van der Waals surface area contributed by atoms with E-state index in [2.05, 4.69) is 36.7 Å². The summed E-state index contributed by atoms with van der Waals surface area (Å²) in [6, 6.07) is 23.8. The van der Waals surface area contributed by atoms with Crippen molar-refractivity contribution in [2.45, 2.75) is 89.1 Å². The number of benzene rings is 3. The van der Waals surface area contributed by atoms with Crippen molar-refractivity contribution in [3.8, 4) is 5.69 Å². The van der Waals surface area contributed by atoms with Crippen LogP contribution in [-0.2, 0) is 26.7 Å². The van der Waals surface area contributed by atoms with Gasteiger partial charge in [-0.2, -0.15) is 9.40 Å². The van der Waals surface area contributed by atoms with Gasteiger partial charge in [0, 0.05) is 41.9 Å². The third kappa shape index (κ3) is 7.32. The lowest BCUT2D eigenvalue weighted by Gasteiger charge is -2.38. The fraction of sp³-hybridized carbons (Fsp3) is 0.378. The van der Waals surface area contributed by atoms with E-state index in [9.17, 15) is 18.0 Å². The molecule has 2 atom stereocenters. The van der Waals surface area contributed by atoms with E-state index in [0.29, 0.717) is 23.1 Å². The Kier molecular flexibility index (Phi) is 9.19. The van der Waals surface area contributed by atoms with Gasteiger partial charge in [-0.25, -0.2) is 17.9 Å². The molecule has 11 heteroatoms. The SMILES string of the molecule is CC(=O)Nc1ccc(S(=O)(=O)N2C3CCC2CC(Cc2ccc(NC(=O)Nc4cc(C(C)(C)C)nn4-c4ccc(C)cc4)cc2)C3)cc1. The molecule has 252 valence electrons. The third-order valence-corrected chi connectivity index (χ3v) is 11.3. The van der Waals surface area contributed by atoms with Crippen LogP contribution in [0.1, 0.15) is 70.2 Å². The number of nitrogens with one attached hydrogen (secondary N) is 3. The number of hydrogen-bond donors (Lipinski definition) is 3. The summed E-state index contributed by atoms with van der Waals surface area (Å²) in [7, 11) is -3.64. The van der Waals surface area contributed by atoms with Crippen LogP contribution < -0.4 is 16.0 Å². The number of piperidine rings is 1. The first-order valence-electron chi connectivity index (χ1n) is 16.5. The molecule has 0 aliphatic carbocycles. The highest BCUT2D eigenvalue weighted by Crippen LogP contribution is 2.43. The van der Waals surface area contributed by atoms with Crippen LogP contribution in [0.3, 0.4) is 0 Å². The second kappa shape index (κ2) is 13.2. The van der Waals surface area contributed by atoms with Crippen molar-refractivity contribution in [1.82, 2.24) is 14.1 Å². The first-order chi connectivity index (χ1) is 22.8. The Labute approximate surface area is 283 Å². The molecule has 3 heterocycles. The molecule has 2 unspecified atom stereocenters. The van der Waals surface area contributed by atoms with Gasteiger partial charge in [-0.1, -0.05) is 50.6 Å². The van der Waals surface area contributed by atoms with Crippen LogP contribution in [-0.4, -0.2) is 46.5 Å². The van der Waals surface area contributed by atoms with Crippen LogP contribution in [0.25, 0.3) is 5.69 Å². The largest absolute Gasteiger partial charge is 0.326 e. The average Bonchev–Trinajstić information content (AvgIpc) is 3.57. The maximum absolute atomic E-state index is 13.6. The topological polar surface area (TPSA) is 125 Å². The third-order valence-electron chi connectivity index (χ3n) is 9.25. The van der Waals surface area contributed by atoms with Crippen molar-refractivity contribution in [3.63, 3.8) is 0 Å². The number of sulfonamides is 1. The van der Waals surface area contributed by atoms with Crippen molar-refractivity contribution >= 4 is 39.2 Å². The molecule has 0 radical (unpaired) electrons. The molecule has 0 spiro atoms. The number of fused-ring (bicyclic) bond motifs is 2. The molecular weight excluding hydrogens is 625 g/mol. The van der Waals surface area contributed by atoms with E-state index in [0.717, 1.165) is 54.6 Å². The van der Waals surface area contributed by atoms with Gasteiger partial charge >= 0.3 is 6.03 Å². The summed E-state index contributed by atoms with van der Waals surface area (Å²) in [6.07, 6.45) is 4.20. The summed E-state index contributed by atoms with van der Waals surface area (Å²) in [5.41, 5.74) is 5.10. The molecule has 2 aliphatic rings. The normalized spacial score (nSPS) is 19.6. The molecule has 10 nitrogen and oxygen atoms in total. The Hall–Kier alpha value is -4.48. The van der Waals surface area contributed by atoms with Gasteiger partial charge in [0.1, 0.15) is 5.82 Å². The second-order valence-electron chi connectivity index (χ2n) is 14.2. The summed E-state index contributed by atoms with van der Waals surface area (Å²) in [5, 5.41) is 13.4. The lowest BCUT2D eigenvalue weighted by molar-refractivity contribution is -0.114. The number of hydrogen-bond acceptors (Lipinski definition) is 5. The summed E-state index contributed by atoms with van der Waals surface area (Å²) in [5.74, 6) is 0.760. The zero-order valence-corrected chi connectivity index (χ0v) is 29.0. The number of urea groups is 1. The van der Waals surface area contributed by atoms with E-state index in [1.807, 2.05) is 61.5 Å². The van der Waals surface area contributed by atoms with Gasteiger partial charge in [-0.15, -0.1) is 0 Å². The number of aromatic nitrogens is 2. The van der Waals surface area contributed by atoms with Gasteiger partial charge in [0.05, 0.1) is 16.3 Å². The number of rotatable bonds is 8. The van der Waals surface area contributed by atoms with E-state index in [4.69, 9.17) is 5.10 Å². The molecule has 0 saturated carbocycles. The molecule has 3 aromatic carbocycles. The fourth-order valence-corrected chi connectivity index (χ4v) is 8.79. The van der Waals surface area contributed by atoms with Crippen LogP contribution >= 0.6 is 0 Å². The van der Waals surface area contributed by atoms with Crippen LogP contribution in [0.15, 0.2) is 83.8 Å². The number of anilines is 3. The van der Waals surface area contributed by atoms with Gasteiger partial charge in [0.25, 0.3) is 0 Å². The summed E-state index contributed by atoms with van der Waals surface area (Å²) in [6.45, 7) is 9.73. The van der Waals surface area contributed by atoms with Crippen LogP contribution in [0, 0.1) is 12.8 Å². The van der Waals surface area contributed by atoms with Crippen molar-refractivity contribution in [3.05, 3.63) is 95.7 Å². The lowest BCUT2D eigenvalue weighted by Crippen LogP contribution is -2.46. The predicted molar refractivity (Wildman–Crippen MR) is 189 cm³/mol. The molecule has 48 heavy (non-hydrogen) atoms. The Morgan fingerprint density at radius 3 is 2.00 bits per heavy atom. The van der Waals surface area contributed by atoms with Crippen molar-refractivity contribution in [2.75, 3.05) is 16.0 Å². The van der Waals surface area contributed by atoms with Crippen molar-refractivity contribution in [1.29, 1.82) is 0 Å². The van der Waals surface area contributed by atoms with E-state index in [1.165, 1.54) is 6.92 Å². The number of nitrogens with zero attached hydrogens (tertiary/aromatic N) is 3. The molecule has 3 N–H and O–H groups in total. The molecule has 2 fully saturated rings. The molecule has 6 rings (SSSR count). The van der Waals surface area contributed by atoms with Crippen molar-refractivity contribution < 1.29 is 18.0 Å². The van der Waals surface area contributed by atoms with Crippen LogP contribution in [0.5, 0.6) is 0 Å². The molecule has 1 aromatic heterocycles. The Balaban J connectivity index is 1.07. The van der Waals surface area contributed by atoms with E-state index < -0.39 is 10.0 Å². The van der Waals surface area contributed by atoms with Crippen molar-refractivity contribution in [2.24, 2.45) is 5.92 Å². The number of aryl methyl sites for hydroxylation is 1. The monoisotopic (exact) mass is 668 g/mol. The van der Waals surface area contributed by atoms with E-state index in [1.54, 1.807) is 33.3 Å². The van der Waals surface area contributed by atoms with E-state index in [-0.39, 0.29) is 34.3 Å². The smallest absolute Gasteiger partial charge is 0.324 e. The minimum Gasteiger partial charge on any atom is -0.326 e. The molecule has 2 aliphatic heterocycles. The summed E-state index contributed by atoms with van der Waals surface area (Å²) >= 11 is 0. The highest BCUT2D eigenvalue weighted by molar-refractivity contribution is 7.89. The first kappa shape index (κ1) is 33.4. The highest BCUT2D eigenvalue weighted by Gasteiger charge is 2.47. The standard InChI is InChI=1S/C37H44N6O4S/c1-24-6-14-30(15-7-24)42-35(23-34(41-42)37(3,4)5)40-36(45)39-29-10-8-26(9-11-29)20-27-21-31-16-17-32(22-27)43(31)48(46,47)33-18-12-28(13-19-33)38-25(2)44/h6-15,18-19,23,27,31-32H,16-17,20-22H2,1-5H3,(H,38,44)(H2,39,40,45). The second-order valence-corrected chi connectivity index (χ2v) is 16.0. The quantitative estimate of drug-likeness (QED) is 0.182. The minimum absolute atomic E-state index is 0.0226. The molecule has 2 saturated heterocycles. The average molecular weight is 669 g/mol. The zero-order chi connectivity index (χ0) is 34.2. The minimum atomic E-state index is -3.64. The Morgan fingerprint density at radius 1 is 0.833 bits per heavy atom. The molecule has 3 amide bonds. The van der Waals surface area contributed by atoms with Gasteiger partial charge < -0.3 is 10.6 Å². The van der Waals surface area contributed by atoms with E-state index >= 15 is 0 Å². The van der Waals surface area contributed by atoms with Gasteiger partial charge in [-0.05, 0) is 99.0 Å². The highest BCUT2D eigenvalue weighted by atomic mass is 32.2. The maximum Gasteiger partial charge on any atom is 0.324 e. The Morgan fingerprint density at radius 2 is 1.42 bits per heavy atom. The lowest BCUT2D eigenvalue weighted by atomic mass is 9.87. The first-order valence-corrected chi connectivity index (χ1v) is 18.0. The molecule has 4 aromatic rings.